The van der Waals surface area contributed by atoms with Crippen LogP contribution in [0.4, 0.5) is 11.4 Å². The second-order valence-electron chi connectivity index (χ2n) is 6.17. The van der Waals surface area contributed by atoms with Crippen LogP contribution in [0, 0.1) is 0 Å². The fourth-order valence-electron chi connectivity index (χ4n) is 2.47. The van der Waals surface area contributed by atoms with Crippen molar-refractivity contribution in [2.45, 2.75) is 17.9 Å². The van der Waals surface area contributed by atoms with E-state index in [1.807, 2.05) is 18.2 Å². The molecule has 0 saturated carbocycles. The molecule has 3 aromatic carbocycles. The Bertz CT molecular complexity index is 1090. The molecular weight excluding hydrogens is 412 g/mol. The Morgan fingerprint density at radius 1 is 0.931 bits per heavy atom. The van der Waals surface area contributed by atoms with Crippen molar-refractivity contribution in [3.05, 3.63) is 83.9 Å². The van der Waals surface area contributed by atoms with E-state index in [0.29, 0.717) is 22.1 Å². The Morgan fingerprint density at radius 3 is 2.21 bits per heavy atom. The maximum Gasteiger partial charge on any atom is 0.265 e. The molecule has 0 aliphatic rings. The summed E-state index contributed by atoms with van der Waals surface area (Å²) in [6.07, 6.45) is -0.720. The first kappa shape index (κ1) is 20.7. The summed E-state index contributed by atoms with van der Waals surface area (Å²) in [6.45, 7) is 1.63. The number of halogens is 1. The van der Waals surface area contributed by atoms with Crippen LogP contribution in [0.3, 0.4) is 0 Å². The fraction of sp³-hybridized carbons (Fsp3) is 0.0952. The van der Waals surface area contributed by atoms with Crippen LogP contribution in [0.15, 0.2) is 83.8 Å². The zero-order valence-corrected chi connectivity index (χ0v) is 17.1. The number of anilines is 2. The number of ether oxygens (including phenoxy) is 1. The molecule has 0 aromatic heterocycles. The molecule has 0 fully saturated rings. The molecule has 0 aliphatic heterocycles. The third-order valence-electron chi connectivity index (χ3n) is 3.98. The molecule has 150 valence electrons. The van der Waals surface area contributed by atoms with Crippen LogP contribution in [-0.4, -0.2) is 20.4 Å². The van der Waals surface area contributed by atoms with E-state index < -0.39 is 16.1 Å². The molecule has 8 heteroatoms. The van der Waals surface area contributed by atoms with E-state index in [2.05, 4.69) is 10.0 Å². The zero-order valence-electron chi connectivity index (χ0n) is 15.5. The summed E-state index contributed by atoms with van der Waals surface area (Å²) in [5.41, 5.74) is 0.744. The normalized spacial score (nSPS) is 12.1. The highest BCUT2D eigenvalue weighted by atomic mass is 35.5. The van der Waals surface area contributed by atoms with E-state index in [1.165, 1.54) is 24.3 Å². The number of hydrogen-bond donors (Lipinski definition) is 2. The molecule has 29 heavy (non-hydrogen) atoms. The lowest BCUT2D eigenvalue weighted by atomic mass is 10.3. The lowest BCUT2D eigenvalue weighted by molar-refractivity contribution is -0.122. The predicted octanol–water partition coefficient (Wildman–Crippen LogP) is 4.55. The number of para-hydroxylation sites is 2. The van der Waals surface area contributed by atoms with E-state index in [0.717, 1.165) is 0 Å². The van der Waals surface area contributed by atoms with Gasteiger partial charge < -0.3 is 10.1 Å². The van der Waals surface area contributed by atoms with Gasteiger partial charge in [-0.05, 0) is 55.5 Å². The predicted molar refractivity (Wildman–Crippen MR) is 114 cm³/mol. The van der Waals surface area contributed by atoms with Crippen LogP contribution in [0.25, 0.3) is 0 Å². The Labute approximate surface area is 174 Å². The average Bonchev–Trinajstić information content (AvgIpc) is 2.71. The SMILES string of the molecule is C[C@@H](Oc1ccccc1)C(=O)Nc1ccc(S(=O)(=O)Nc2ccccc2Cl)cc1. The van der Waals surface area contributed by atoms with E-state index >= 15 is 0 Å². The topological polar surface area (TPSA) is 84.5 Å². The highest BCUT2D eigenvalue weighted by Crippen LogP contribution is 2.24. The number of carbonyl (C=O) groups excluding carboxylic acids is 1. The first-order valence-electron chi connectivity index (χ1n) is 8.75. The van der Waals surface area contributed by atoms with Crippen molar-refractivity contribution in [1.82, 2.24) is 0 Å². The van der Waals surface area contributed by atoms with Crippen molar-refractivity contribution in [1.29, 1.82) is 0 Å². The molecule has 0 heterocycles. The summed E-state index contributed by atoms with van der Waals surface area (Å²) in [4.78, 5) is 12.3. The van der Waals surface area contributed by atoms with Gasteiger partial charge in [-0.1, -0.05) is 41.9 Å². The van der Waals surface area contributed by atoms with Gasteiger partial charge in [0.25, 0.3) is 15.9 Å². The minimum atomic E-state index is -3.81. The average molecular weight is 431 g/mol. The molecule has 0 saturated heterocycles. The molecule has 0 radical (unpaired) electrons. The van der Waals surface area contributed by atoms with E-state index in [9.17, 15) is 13.2 Å². The number of carbonyl (C=O) groups is 1. The number of rotatable bonds is 7. The van der Waals surface area contributed by atoms with Crippen molar-refractivity contribution >= 4 is 38.9 Å². The summed E-state index contributed by atoms with van der Waals surface area (Å²) in [5.74, 6) is 0.237. The molecular formula is C21H19ClN2O4S. The van der Waals surface area contributed by atoms with Crippen molar-refractivity contribution in [2.75, 3.05) is 10.0 Å². The molecule has 6 nitrogen and oxygen atoms in total. The van der Waals surface area contributed by atoms with Crippen LogP contribution < -0.4 is 14.8 Å². The number of benzene rings is 3. The second kappa shape index (κ2) is 8.98. The summed E-state index contributed by atoms with van der Waals surface area (Å²) in [5, 5.41) is 3.00. The van der Waals surface area contributed by atoms with Gasteiger partial charge in [0.05, 0.1) is 15.6 Å². The second-order valence-corrected chi connectivity index (χ2v) is 8.26. The Hall–Kier alpha value is -3.03. The van der Waals surface area contributed by atoms with Crippen LogP contribution in [0.1, 0.15) is 6.92 Å². The van der Waals surface area contributed by atoms with Gasteiger partial charge in [-0.15, -0.1) is 0 Å². The van der Waals surface area contributed by atoms with Gasteiger partial charge in [-0.2, -0.15) is 0 Å². The monoisotopic (exact) mass is 430 g/mol. The number of sulfonamides is 1. The van der Waals surface area contributed by atoms with Crippen LogP contribution in [0.2, 0.25) is 5.02 Å². The molecule has 2 N–H and O–H groups in total. The summed E-state index contributed by atoms with van der Waals surface area (Å²) in [7, 11) is -3.81. The van der Waals surface area contributed by atoms with E-state index in [4.69, 9.17) is 16.3 Å². The zero-order chi connectivity index (χ0) is 20.9. The lowest BCUT2D eigenvalue weighted by Crippen LogP contribution is -2.30. The first-order chi connectivity index (χ1) is 13.8. The Morgan fingerprint density at radius 2 is 1.55 bits per heavy atom. The highest BCUT2D eigenvalue weighted by molar-refractivity contribution is 7.92. The quantitative estimate of drug-likeness (QED) is 0.576. The molecule has 1 amide bonds. The smallest absolute Gasteiger partial charge is 0.265 e. The molecule has 3 aromatic rings. The molecule has 0 spiro atoms. The standard InChI is InChI=1S/C21H19ClN2O4S/c1-15(28-17-7-3-2-4-8-17)21(25)23-16-11-13-18(14-12-16)29(26,27)24-20-10-6-5-9-19(20)22/h2-15,24H,1H3,(H,23,25)/t15-/m1/s1. The van der Waals surface area contributed by atoms with Gasteiger partial charge in [0.2, 0.25) is 0 Å². The van der Waals surface area contributed by atoms with Crippen molar-refractivity contribution in [3.63, 3.8) is 0 Å². The third kappa shape index (κ3) is 5.49. The van der Waals surface area contributed by atoms with E-state index in [1.54, 1.807) is 43.3 Å². The summed E-state index contributed by atoms with van der Waals surface area (Å²) in [6, 6.07) is 21.4. The van der Waals surface area contributed by atoms with Crippen molar-refractivity contribution < 1.29 is 17.9 Å². The number of amides is 1. The van der Waals surface area contributed by atoms with Gasteiger partial charge in [-0.3, -0.25) is 9.52 Å². The minimum Gasteiger partial charge on any atom is -0.481 e. The van der Waals surface area contributed by atoms with Gasteiger partial charge in [0.15, 0.2) is 6.10 Å². The molecule has 0 bridgehead atoms. The number of nitrogens with one attached hydrogen (secondary N) is 2. The van der Waals surface area contributed by atoms with Crippen molar-refractivity contribution in [2.24, 2.45) is 0 Å². The van der Waals surface area contributed by atoms with Gasteiger partial charge >= 0.3 is 0 Å². The van der Waals surface area contributed by atoms with E-state index in [-0.39, 0.29) is 10.8 Å². The van der Waals surface area contributed by atoms with Gasteiger partial charge in [-0.25, -0.2) is 8.42 Å². The molecule has 0 unspecified atom stereocenters. The number of hydrogen-bond acceptors (Lipinski definition) is 4. The van der Waals surface area contributed by atoms with Gasteiger partial charge in [0, 0.05) is 5.69 Å². The Balaban J connectivity index is 1.65. The Kier molecular flexibility index (Phi) is 6.41. The molecule has 3 rings (SSSR count). The van der Waals surface area contributed by atoms with Crippen LogP contribution in [-0.2, 0) is 14.8 Å². The summed E-state index contributed by atoms with van der Waals surface area (Å²) >= 11 is 6.00. The van der Waals surface area contributed by atoms with Crippen LogP contribution in [0.5, 0.6) is 5.75 Å². The molecule has 0 aliphatic carbocycles. The summed E-state index contributed by atoms with van der Waals surface area (Å²) < 4.78 is 33.1. The third-order valence-corrected chi connectivity index (χ3v) is 5.69. The minimum absolute atomic E-state index is 0.0454. The largest absolute Gasteiger partial charge is 0.481 e. The first-order valence-corrected chi connectivity index (χ1v) is 10.6. The maximum atomic E-state index is 12.5. The lowest BCUT2D eigenvalue weighted by Gasteiger charge is -2.15. The maximum absolute atomic E-state index is 12.5. The fourth-order valence-corrected chi connectivity index (χ4v) is 3.78. The van der Waals surface area contributed by atoms with Crippen molar-refractivity contribution in [3.8, 4) is 5.75 Å². The van der Waals surface area contributed by atoms with Gasteiger partial charge in [0.1, 0.15) is 5.75 Å². The highest BCUT2D eigenvalue weighted by Gasteiger charge is 2.17. The molecule has 1 atom stereocenters. The van der Waals surface area contributed by atoms with Crippen LogP contribution >= 0.6 is 11.6 Å².